The highest BCUT2D eigenvalue weighted by Crippen LogP contribution is 2.33. The van der Waals surface area contributed by atoms with E-state index in [1.54, 1.807) is 7.11 Å². The Hall–Kier alpha value is -2.56. The van der Waals surface area contributed by atoms with Crippen molar-refractivity contribution < 1.29 is 19.4 Å². The molecule has 1 saturated carbocycles. The van der Waals surface area contributed by atoms with E-state index in [9.17, 15) is 14.7 Å². The second-order valence-electron chi connectivity index (χ2n) is 5.90. The zero-order valence-corrected chi connectivity index (χ0v) is 12.9. The van der Waals surface area contributed by atoms with Crippen molar-refractivity contribution in [2.45, 2.75) is 25.3 Å². The van der Waals surface area contributed by atoms with Crippen LogP contribution in [0.15, 0.2) is 36.4 Å². The first-order chi connectivity index (χ1) is 11.1. The Labute approximate surface area is 134 Å². The maximum atomic E-state index is 12.3. The van der Waals surface area contributed by atoms with Crippen LogP contribution in [0.5, 0.6) is 5.75 Å². The fraction of sp³-hybridized carbons (Fsp3) is 0.333. The molecule has 0 saturated heterocycles. The molecule has 1 amide bonds. The number of carbonyl (C=O) groups is 2. The molecule has 0 aliphatic heterocycles. The van der Waals surface area contributed by atoms with Crippen LogP contribution in [0.2, 0.25) is 0 Å². The molecule has 1 atom stereocenters. The molecular formula is C18H19NO4. The summed E-state index contributed by atoms with van der Waals surface area (Å²) < 4.78 is 5.24. The van der Waals surface area contributed by atoms with Crippen LogP contribution in [0.3, 0.4) is 0 Å². The molecule has 23 heavy (non-hydrogen) atoms. The normalized spacial score (nSPS) is 15.2. The molecule has 1 aliphatic carbocycles. The fourth-order valence-electron chi connectivity index (χ4n) is 2.81. The zero-order valence-electron chi connectivity index (χ0n) is 12.9. The molecule has 0 spiro atoms. The van der Waals surface area contributed by atoms with Crippen molar-refractivity contribution in [2.75, 3.05) is 7.11 Å². The fourth-order valence-corrected chi connectivity index (χ4v) is 2.81. The Kier molecular flexibility index (Phi) is 4.19. The van der Waals surface area contributed by atoms with Gasteiger partial charge in [0, 0.05) is 0 Å². The predicted molar refractivity (Wildman–Crippen MR) is 86.5 cm³/mol. The van der Waals surface area contributed by atoms with Crippen molar-refractivity contribution in [2.24, 2.45) is 5.92 Å². The van der Waals surface area contributed by atoms with Gasteiger partial charge in [0.2, 0.25) is 5.91 Å². The lowest BCUT2D eigenvalue weighted by molar-refractivity contribution is -0.142. The van der Waals surface area contributed by atoms with Crippen LogP contribution in [0, 0.1) is 5.92 Å². The van der Waals surface area contributed by atoms with Gasteiger partial charge in [-0.25, -0.2) is 4.79 Å². The summed E-state index contributed by atoms with van der Waals surface area (Å²) in [5.41, 5.74) is 0.860. The molecule has 2 aromatic carbocycles. The highest BCUT2D eigenvalue weighted by atomic mass is 16.5. The van der Waals surface area contributed by atoms with E-state index >= 15 is 0 Å². The summed E-state index contributed by atoms with van der Waals surface area (Å²) in [5.74, 6) is -0.420. The molecule has 5 nitrogen and oxygen atoms in total. The first kappa shape index (κ1) is 15.3. The number of carboxylic acid groups (broad SMARTS) is 1. The zero-order chi connectivity index (χ0) is 16.4. The first-order valence-electron chi connectivity index (χ1n) is 7.66. The van der Waals surface area contributed by atoms with Gasteiger partial charge in [-0.3, -0.25) is 4.79 Å². The van der Waals surface area contributed by atoms with Crippen LogP contribution in [-0.2, 0) is 16.0 Å². The maximum Gasteiger partial charge on any atom is 0.326 e. The third-order valence-corrected chi connectivity index (χ3v) is 4.21. The van der Waals surface area contributed by atoms with E-state index in [2.05, 4.69) is 5.32 Å². The Balaban J connectivity index is 1.80. The number of hydrogen-bond donors (Lipinski definition) is 2. The van der Waals surface area contributed by atoms with E-state index in [4.69, 9.17) is 4.74 Å². The second-order valence-corrected chi connectivity index (χ2v) is 5.90. The van der Waals surface area contributed by atoms with Gasteiger partial charge in [-0.05, 0) is 47.2 Å². The quantitative estimate of drug-likeness (QED) is 0.858. The number of aliphatic carboxylic acids is 1. The van der Waals surface area contributed by atoms with E-state index in [-0.39, 0.29) is 18.2 Å². The Morgan fingerprint density at radius 3 is 2.74 bits per heavy atom. The molecule has 120 valence electrons. The molecule has 1 fully saturated rings. The number of carboxylic acids is 1. The van der Waals surface area contributed by atoms with Crippen molar-refractivity contribution in [1.29, 1.82) is 0 Å². The highest BCUT2D eigenvalue weighted by Gasteiger charge is 2.37. The highest BCUT2D eigenvalue weighted by molar-refractivity contribution is 5.92. The SMILES string of the molecule is COc1ccc2cccc(CC(=O)NC(C(=O)O)C3CC3)c2c1. The van der Waals surface area contributed by atoms with Crippen molar-refractivity contribution >= 4 is 22.6 Å². The minimum Gasteiger partial charge on any atom is -0.497 e. The molecule has 0 bridgehead atoms. The second kappa shape index (κ2) is 6.28. The molecule has 1 unspecified atom stereocenters. The average Bonchev–Trinajstić information content (AvgIpc) is 3.37. The number of fused-ring (bicyclic) bond motifs is 1. The lowest BCUT2D eigenvalue weighted by atomic mass is 10.0. The summed E-state index contributed by atoms with van der Waals surface area (Å²) in [6, 6.07) is 10.7. The molecular weight excluding hydrogens is 294 g/mol. The third kappa shape index (κ3) is 3.44. The molecule has 5 heteroatoms. The summed E-state index contributed by atoms with van der Waals surface area (Å²) >= 11 is 0. The van der Waals surface area contributed by atoms with Gasteiger partial charge in [-0.2, -0.15) is 0 Å². The predicted octanol–water partition coefficient (Wildman–Crippen LogP) is 2.37. The average molecular weight is 313 g/mol. The van der Waals surface area contributed by atoms with Crippen LogP contribution in [0.1, 0.15) is 18.4 Å². The van der Waals surface area contributed by atoms with Gasteiger partial charge >= 0.3 is 5.97 Å². The smallest absolute Gasteiger partial charge is 0.326 e. The van der Waals surface area contributed by atoms with Crippen LogP contribution in [-0.4, -0.2) is 30.1 Å². The van der Waals surface area contributed by atoms with Crippen molar-refractivity contribution in [3.05, 3.63) is 42.0 Å². The molecule has 1 aliphatic rings. The molecule has 2 N–H and O–H groups in total. The lowest BCUT2D eigenvalue weighted by Crippen LogP contribution is -2.43. The van der Waals surface area contributed by atoms with Gasteiger partial charge in [-0.1, -0.05) is 24.3 Å². The summed E-state index contributed by atoms with van der Waals surface area (Å²) in [6.07, 6.45) is 1.88. The van der Waals surface area contributed by atoms with Crippen molar-refractivity contribution in [3.8, 4) is 5.75 Å². The summed E-state index contributed by atoms with van der Waals surface area (Å²) in [4.78, 5) is 23.5. The third-order valence-electron chi connectivity index (χ3n) is 4.21. The number of amides is 1. The van der Waals surface area contributed by atoms with Crippen LogP contribution >= 0.6 is 0 Å². The first-order valence-corrected chi connectivity index (χ1v) is 7.66. The van der Waals surface area contributed by atoms with E-state index < -0.39 is 12.0 Å². The summed E-state index contributed by atoms with van der Waals surface area (Å²) in [5, 5.41) is 13.8. The number of ether oxygens (including phenoxy) is 1. The molecule has 0 aromatic heterocycles. The topological polar surface area (TPSA) is 75.6 Å². The van der Waals surface area contributed by atoms with Gasteiger partial charge in [0.25, 0.3) is 0 Å². The standard InChI is InChI=1S/C18H19NO4/c1-23-14-8-7-11-3-2-4-13(15(11)10-14)9-16(20)19-17(18(21)22)12-5-6-12/h2-4,7-8,10,12,17H,5-6,9H2,1H3,(H,19,20)(H,21,22). The molecule has 0 heterocycles. The van der Waals surface area contributed by atoms with E-state index in [0.29, 0.717) is 0 Å². The Morgan fingerprint density at radius 1 is 1.30 bits per heavy atom. The number of methoxy groups -OCH3 is 1. The lowest BCUT2D eigenvalue weighted by Gasteiger charge is -2.14. The minimum absolute atomic E-state index is 0.0732. The number of benzene rings is 2. The van der Waals surface area contributed by atoms with Crippen LogP contribution < -0.4 is 10.1 Å². The molecule has 2 aromatic rings. The Morgan fingerprint density at radius 2 is 2.09 bits per heavy atom. The maximum absolute atomic E-state index is 12.3. The van der Waals surface area contributed by atoms with Crippen LogP contribution in [0.4, 0.5) is 0 Å². The van der Waals surface area contributed by atoms with E-state index in [0.717, 1.165) is 34.9 Å². The Bertz CT molecular complexity index is 752. The largest absolute Gasteiger partial charge is 0.497 e. The van der Waals surface area contributed by atoms with Crippen molar-refractivity contribution in [1.82, 2.24) is 5.32 Å². The monoisotopic (exact) mass is 313 g/mol. The number of rotatable bonds is 6. The number of carbonyl (C=O) groups excluding carboxylic acids is 1. The van der Waals surface area contributed by atoms with E-state index in [1.165, 1.54) is 0 Å². The van der Waals surface area contributed by atoms with Crippen LogP contribution in [0.25, 0.3) is 10.8 Å². The van der Waals surface area contributed by atoms with Gasteiger partial charge in [-0.15, -0.1) is 0 Å². The van der Waals surface area contributed by atoms with Crippen molar-refractivity contribution in [3.63, 3.8) is 0 Å². The summed E-state index contributed by atoms with van der Waals surface area (Å²) in [6.45, 7) is 0. The summed E-state index contributed by atoms with van der Waals surface area (Å²) in [7, 11) is 1.60. The molecule has 0 radical (unpaired) electrons. The van der Waals surface area contributed by atoms with Gasteiger partial charge < -0.3 is 15.2 Å². The number of hydrogen-bond acceptors (Lipinski definition) is 3. The van der Waals surface area contributed by atoms with Gasteiger partial charge in [0.15, 0.2) is 0 Å². The van der Waals surface area contributed by atoms with E-state index in [1.807, 2.05) is 36.4 Å². The molecule has 3 rings (SSSR count). The van der Waals surface area contributed by atoms with Gasteiger partial charge in [0.1, 0.15) is 11.8 Å². The minimum atomic E-state index is -0.958. The van der Waals surface area contributed by atoms with Gasteiger partial charge in [0.05, 0.1) is 13.5 Å². The number of nitrogens with one attached hydrogen (secondary N) is 1.